The highest BCUT2D eigenvalue weighted by atomic mass is 32.1. The molecule has 1 aliphatic heterocycles. The Bertz CT molecular complexity index is 821. The van der Waals surface area contributed by atoms with Gasteiger partial charge in [0.2, 0.25) is 0 Å². The molecule has 6 heteroatoms. The summed E-state index contributed by atoms with van der Waals surface area (Å²) >= 11 is 1.65. The molecule has 1 fully saturated rings. The van der Waals surface area contributed by atoms with E-state index in [1.54, 1.807) is 11.3 Å². The van der Waals surface area contributed by atoms with Gasteiger partial charge >= 0.3 is 0 Å². The van der Waals surface area contributed by atoms with E-state index in [1.165, 1.54) is 0 Å². The van der Waals surface area contributed by atoms with Crippen LogP contribution in [0.25, 0.3) is 22.1 Å². The molecule has 0 unspecified atom stereocenters. The number of nitrogens with zero attached hydrogens (tertiary/aromatic N) is 4. The molecule has 0 bridgehead atoms. The molecule has 0 aliphatic carbocycles. The Hall–Kier alpha value is -2.02. The predicted octanol–water partition coefficient (Wildman–Crippen LogP) is 3.52. The number of hydrogen-bond donors (Lipinski definition) is 1. The van der Waals surface area contributed by atoms with E-state index in [0.717, 1.165) is 67.5 Å². The lowest BCUT2D eigenvalue weighted by atomic mass is 10.1. The molecule has 1 saturated heterocycles. The molecular formula is C20H24N4OS. The minimum atomic E-state index is -0.102. The SMILES string of the molecule is OC1CCN(CCCn2ccnc2-c2nc(-c3ccccc3)cs2)CC1. The number of rotatable bonds is 6. The standard InChI is InChI=1S/C20H24N4OS/c25-17-7-12-23(13-8-17)10-4-11-24-14-9-21-19(24)20-22-18(15-26-20)16-5-2-1-3-6-16/h1-3,5-6,9,14-15,17,25H,4,7-8,10-13H2. The second-order valence-corrected chi connectivity index (χ2v) is 7.63. The molecule has 1 aromatic carbocycles. The molecule has 26 heavy (non-hydrogen) atoms. The fraction of sp³-hybridized carbons (Fsp3) is 0.400. The van der Waals surface area contributed by atoms with Gasteiger partial charge in [-0.05, 0) is 25.8 Å². The van der Waals surface area contributed by atoms with Crippen molar-refractivity contribution in [3.05, 3.63) is 48.1 Å². The van der Waals surface area contributed by atoms with Crippen molar-refractivity contribution in [2.45, 2.75) is 31.9 Å². The molecular weight excluding hydrogens is 344 g/mol. The molecule has 0 spiro atoms. The first-order valence-corrected chi connectivity index (χ1v) is 10.1. The van der Waals surface area contributed by atoms with Crippen LogP contribution in [0.4, 0.5) is 0 Å². The Morgan fingerprint density at radius 3 is 2.73 bits per heavy atom. The summed E-state index contributed by atoms with van der Waals surface area (Å²) in [4.78, 5) is 11.8. The van der Waals surface area contributed by atoms with E-state index in [9.17, 15) is 5.11 Å². The fourth-order valence-electron chi connectivity index (χ4n) is 3.41. The maximum Gasteiger partial charge on any atom is 0.169 e. The van der Waals surface area contributed by atoms with Crippen LogP contribution in [-0.4, -0.2) is 50.3 Å². The minimum Gasteiger partial charge on any atom is -0.393 e. The van der Waals surface area contributed by atoms with Gasteiger partial charge in [0, 0.05) is 43.0 Å². The van der Waals surface area contributed by atoms with Crippen LogP contribution in [0.3, 0.4) is 0 Å². The monoisotopic (exact) mass is 368 g/mol. The van der Waals surface area contributed by atoms with Crippen molar-refractivity contribution >= 4 is 11.3 Å². The van der Waals surface area contributed by atoms with Crippen LogP contribution in [0.2, 0.25) is 0 Å². The summed E-state index contributed by atoms with van der Waals surface area (Å²) in [6.07, 6.45) is 6.68. The third kappa shape index (κ3) is 4.03. The number of likely N-dealkylation sites (tertiary alicyclic amines) is 1. The Morgan fingerprint density at radius 2 is 1.92 bits per heavy atom. The van der Waals surface area contributed by atoms with Crippen molar-refractivity contribution in [2.24, 2.45) is 0 Å². The molecule has 0 amide bonds. The van der Waals surface area contributed by atoms with E-state index in [-0.39, 0.29) is 6.10 Å². The fourth-order valence-corrected chi connectivity index (χ4v) is 4.25. The zero-order chi connectivity index (χ0) is 17.8. The third-order valence-electron chi connectivity index (χ3n) is 4.91. The summed E-state index contributed by atoms with van der Waals surface area (Å²) in [6.45, 7) is 4.02. The number of benzene rings is 1. The molecule has 3 heterocycles. The number of piperidine rings is 1. The van der Waals surface area contributed by atoms with Crippen LogP contribution in [0, 0.1) is 0 Å². The number of aromatic nitrogens is 3. The van der Waals surface area contributed by atoms with Gasteiger partial charge < -0.3 is 14.6 Å². The minimum absolute atomic E-state index is 0.102. The van der Waals surface area contributed by atoms with Crippen LogP contribution in [-0.2, 0) is 6.54 Å². The summed E-state index contributed by atoms with van der Waals surface area (Å²) in [7, 11) is 0. The van der Waals surface area contributed by atoms with Gasteiger partial charge in [0.15, 0.2) is 10.8 Å². The molecule has 1 aliphatic rings. The van der Waals surface area contributed by atoms with Crippen molar-refractivity contribution in [1.82, 2.24) is 19.4 Å². The maximum atomic E-state index is 9.60. The largest absolute Gasteiger partial charge is 0.393 e. The Kier molecular flexibility index (Phi) is 5.43. The average Bonchev–Trinajstić information content (AvgIpc) is 3.33. The highest BCUT2D eigenvalue weighted by Gasteiger charge is 2.17. The molecule has 3 aromatic rings. The molecule has 1 N–H and O–H groups in total. The highest BCUT2D eigenvalue weighted by molar-refractivity contribution is 7.13. The van der Waals surface area contributed by atoms with Gasteiger partial charge in [-0.3, -0.25) is 0 Å². The number of aliphatic hydroxyl groups is 1. The second kappa shape index (κ2) is 8.12. The number of imidazole rings is 1. The van der Waals surface area contributed by atoms with Crippen molar-refractivity contribution < 1.29 is 5.11 Å². The van der Waals surface area contributed by atoms with E-state index in [2.05, 4.69) is 32.0 Å². The van der Waals surface area contributed by atoms with Crippen LogP contribution in [0.5, 0.6) is 0 Å². The quantitative estimate of drug-likeness (QED) is 0.723. The van der Waals surface area contributed by atoms with Crippen LogP contribution in [0.1, 0.15) is 19.3 Å². The van der Waals surface area contributed by atoms with Crippen LogP contribution >= 0.6 is 11.3 Å². The second-order valence-electron chi connectivity index (χ2n) is 6.77. The number of aliphatic hydroxyl groups excluding tert-OH is 1. The lowest BCUT2D eigenvalue weighted by Crippen LogP contribution is -2.36. The summed E-state index contributed by atoms with van der Waals surface area (Å²) in [6, 6.07) is 10.3. The van der Waals surface area contributed by atoms with Gasteiger partial charge in [0.05, 0.1) is 11.8 Å². The molecule has 2 aromatic heterocycles. The van der Waals surface area contributed by atoms with E-state index in [4.69, 9.17) is 4.98 Å². The number of thiazole rings is 1. The smallest absolute Gasteiger partial charge is 0.169 e. The van der Waals surface area contributed by atoms with Crippen LogP contribution < -0.4 is 0 Å². The average molecular weight is 369 g/mol. The van der Waals surface area contributed by atoms with E-state index in [1.807, 2.05) is 30.6 Å². The van der Waals surface area contributed by atoms with Gasteiger partial charge in [0.1, 0.15) is 0 Å². The van der Waals surface area contributed by atoms with E-state index in [0.29, 0.717) is 0 Å². The molecule has 136 valence electrons. The van der Waals surface area contributed by atoms with E-state index < -0.39 is 0 Å². The molecule has 0 atom stereocenters. The topological polar surface area (TPSA) is 54.2 Å². The number of hydrogen-bond acceptors (Lipinski definition) is 5. The number of aryl methyl sites for hydroxylation is 1. The summed E-state index contributed by atoms with van der Waals surface area (Å²) in [5, 5.41) is 12.7. The Labute approximate surface area is 158 Å². The lowest BCUT2D eigenvalue weighted by Gasteiger charge is -2.29. The van der Waals surface area contributed by atoms with Gasteiger partial charge in [-0.15, -0.1) is 11.3 Å². The van der Waals surface area contributed by atoms with Gasteiger partial charge in [-0.1, -0.05) is 30.3 Å². The van der Waals surface area contributed by atoms with Crippen LogP contribution in [0.15, 0.2) is 48.1 Å². The first-order chi connectivity index (χ1) is 12.8. The van der Waals surface area contributed by atoms with Gasteiger partial charge in [-0.2, -0.15) is 0 Å². The molecule has 4 rings (SSSR count). The third-order valence-corrected chi connectivity index (χ3v) is 5.75. The lowest BCUT2D eigenvalue weighted by molar-refractivity contribution is 0.0815. The first-order valence-electron chi connectivity index (χ1n) is 9.22. The van der Waals surface area contributed by atoms with Gasteiger partial charge in [-0.25, -0.2) is 9.97 Å². The summed E-state index contributed by atoms with van der Waals surface area (Å²) in [5.41, 5.74) is 2.15. The van der Waals surface area contributed by atoms with E-state index >= 15 is 0 Å². The summed E-state index contributed by atoms with van der Waals surface area (Å²) in [5.74, 6) is 0.950. The molecule has 0 saturated carbocycles. The Balaban J connectivity index is 1.39. The zero-order valence-electron chi connectivity index (χ0n) is 14.8. The maximum absolute atomic E-state index is 9.60. The first kappa shape index (κ1) is 17.4. The van der Waals surface area contributed by atoms with Crippen molar-refractivity contribution in [3.8, 4) is 22.1 Å². The Morgan fingerprint density at radius 1 is 1.12 bits per heavy atom. The van der Waals surface area contributed by atoms with Crippen molar-refractivity contribution in [1.29, 1.82) is 0 Å². The highest BCUT2D eigenvalue weighted by Crippen LogP contribution is 2.28. The predicted molar refractivity (Wildman–Crippen MR) is 105 cm³/mol. The molecule has 0 radical (unpaired) electrons. The molecule has 5 nitrogen and oxygen atoms in total. The normalized spacial score (nSPS) is 16.2. The van der Waals surface area contributed by atoms with Crippen molar-refractivity contribution in [2.75, 3.05) is 19.6 Å². The van der Waals surface area contributed by atoms with Gasteiger partial charge in [0.25, 0.3) is 0 Å². The summed E-state index contributed by atoms with van der Waals surface area (Å²) < 4.78 is 2.20. The zero-order valence-corrected chi connectivity index (χ0v) is 15.6. The van der Waals surface area contributed by atoms with Crippen molar-refractivity contribution in [3.63, 3.8) is 0 Å².